The van der Waals surface area contributed by atoms with Gasteiger partial charge < -0.3 is 10.2 Å². The molecule has 2 amide bonds. The highest BCUT2D eigenvalue weighted by Gasteiger charge is 2.21. The molecule has 2 rings (SSSR count). The van der Waals surface area contributed by atoms with Gasteiger partial charge >= 0.3 is 0 Å². The second-order valence-corrected chi connectivity index (χ2v) is 6.17. The van der Waals surface area contributed by atoms with Crippen molar-refractivity contribution in [2.24, 2.45) is 0 Å². The van der Waals surface area contributed by atoms with Crippen LogP contribution in [0.4, 0.5) is 0 Å². The van der Waals surface area contributed by atoms with Crippen LogP contribution in [-0.2, 0) is 16.1 Å². The lowest BCUT2D eigenvalue weighted by atomic mass is 10.0. The SMILES string of the molecule is CCCN(Cc1ccccc1)C(=O)CC(NC(C)=O)c1ccccc1. The van der Waals surface area contributed by atoms with Gasteiger partial charge in [-0.25, -0.2) is 0 Å². The summed E-state index contributed by atoms with van der Waals surface area (Å²) in [6.07, 6.45) is 1.16. The monoisotopic (exact) mass is 338 g/mol. The first kappa shape index (κ1) is 18.7. The van der Waals surface area contributed by atoms with Crippen LogP contribution in [0.15, 0.2) is 60.7 Å². The smallest absolute Gasteiger partial charge is 0.225 e. The standard InChI is InChI=1S/C21H26N2O2/c1-3-14-23(16-18-10-6-4-7-11-18)21(25)15-20(22-17(2)24)19-12-8-5-9-13-19/h4-13,20H,3,14-16H2,1-2H3,(H,22,24). The van der Waals surface area contributed by atoms with Crippen molar-refractivity contribution in [2.45, 2.75) is 39.3 Å². The van der Waals surface area contributed by atoms with E-state index in [9.17, 15) is 9.59 Å². The van der Waals surface area contributed by atoms with Crippen LogP contribution in [0.1, 0.15) is 43.9 Å². The molecule has 1 unspecified atom stereocenters. The minimum absolute atomic E-state index is 0.0494. The molecule has 0 aliphatic carbocycles. The van der Waals surface area contributed by atoms with Crippen molar-refractivity contribution in [2.75, 3.05) is 6.54 Å². The summed E-state index contributed by atoms with van der Waals surface area (Å²) < 4.78 is 0. The Morgan fingerprint density at radius 3 is 2.16 bits per heavy atom. The molecular weight excluding hydrogens is 312 g/mol. The molecule has 132 valence electrons. The fraction of sp³-hybridized carbons (Fsp3) is 0.333. The Bertz CT molecular complexity index is 671. The minimum atomic E-state index is -0.304. The van der Waals surface area contributed by atoms with Crippen LogP contribution < -0.4 is 5.32 Å². The molecule has 0 bridgehead atoms. The quantitative estimate of drug-likeness (QED) is 0.798. The van der Waals surface area contributed by atoms with Crippen LogP contribution in [0.2, 0.25) is 0 Å². The molecule has 25 heavy (non-hydrogen) atoms. The second-order valence-electron chi connectivity index (χ2n) is 6.17. The van der Waals surface area contributed by atoms with Gasteiger partial charge in [-0.15, -0.1) is 0 Å². The van der Waals surface area contributed by atoms with Gasteiger partial charge in [0.2, 0.25) is 11.8 Å². The van der Waals surface area contributed by atoms with E-state index in [1.807, 2.05) is 65.6 Å². The molecule has 0 radical (unpaired) electrons. The van der Waals surface area contributed by atoms with Gasteiger partial charge in [0, 0.05) is 20.0 Å². The van der Waals surface area contributed by atoms with E-state index in [1.54, 1.807) is 0 Å². The Hall–Kier alpha value is -2.62. The van der Waals surface area contributed by atoms with Crippen molar-refractivity contribution in [3.63, 3.8) is 0 Å². The lowest BCUT2D eigenvalue weighted by molar-refractivity contribution is -0.132. The highest BCUT2D eigenvalue weighted by molar-refractivity contribution is 5.79. The summed E-state index contributed by atoms with van der Waals surface area (Å²) in [5.74, 6) is -0.0833. The predicted octanol–water partition coefficient (Wildman–Crippen LogP) is 3.69. The second kappa shape index (κ2) is 9.62. The molecule has 0 fully saturated rings. The van der Waals surface area contributed by atoms with Gasteiger partial charge in [0.15, 0.2) is 0 Å². The Kier molecular flexibility index (Phi) is 7.20. The first-order valence-electron chi connectivity index (χ1n) is 8.74. The van der Waals surface area contributed by atoms with E-state index in [0.717, 1.165) is 17.5 Å². The van der Waals surface area contributed by atoms with Gasteiger partial charge in [0.25, 0.3) is 0 Å². The van der Waals surface area contributed by atoms with Crippen LogP contribution in [-0.4, -0.2) is 23.3 Å². The van der Waals surface area contributed by atoms with Crippen molar-refractivity contribution in [1.29, 1.82) is 0 Å². The molecule has 0 aromatic heterocycles. The van der Waals surface area contributed by atoms with Crippen LogP contribution >= 0.6 is 0 Å². The van der Waals surface area contributed by atoms with Crippen molar-refractivity contribution in [3.05, 3.63) is 71.8 Å². The Morgan fingerprint density at radius 1 is 1.00 bits per heavy atom. The molecule has 0 heterocycles. The number of nitrogens with zero attached hydrogens (tertiary/aromatic N) is 1. The van der Waals surface area contributed by atoms with Crippen molar-refractivity contribution < 1.29 is 9.59 Å². The van der Waals surface area contributed by atoms with E-state index in [0.29, 0.717) is 13.1 Å². The van der Waals surface area contributed by atoms with Crippen molar-refractivity contribution >= 4 is 11.8 Å². The van der Waals surface area contributed by atoms with E-state index in [2.05, 4.69) is 12.2 Å². The van der Waals surface area contributed by atoms with E-state index >= 15 is 0 Å². The molecule has 2 aromatic rings. The maximum Gasteiger partial charge on any atom is 0.225 e. The average Bonchev–Trinajstić information content (AvgIpc) is 2.62. The third-order valence-electron chi connectivity index (χ3n) is 4.02. The first-order valence-corrected chi connectivity index (χ1v) is 8.74. The minimum Gasteiger partial charge on any atom is -0.349 e. The summed E-state index contributed by atoms with van der Waals surface area (Å²) in [7, 11) is 0. The van der Waals surface area contributed by atoms with E-state index in [1.165, 1.54) is 6.92 Å². The van der Waals surface area contributed by atoms with Crippen LogP contribution in [0.3, 0.4) is 0 Å². The largest absolute Gasteiger partial charge is 0.349 e. The van der Waals surface area contributed by atoms with Gasteiger partial charge in [-0.1, -0.05) is 67.6 Å². The fourth-order valence-electron chi connectivity index (χ4n) is 2.85. The van der Waals surface area contributed by atoms with E-state index < -0.39 is 0 Å². The summed E-state index contributed by atoms with van der Waals surface area (Å²) in [6.45, 7) is 4.84. The summed E-state index contributed by atoms with van der Waals surface area (Å²) in [6, 6.07) is 19.3. The molecule has 4 heteroatoms. The zero-order chi connectivity index (χ0) is 18.1. The Balaban J connectivity index is 2.11. The van der Waals surface area contributed by atoms with Crippen LogP contribution in [0.5, 0.6) is 0 Å². The van der Waals surface area contributed by atoms with Gasteiger partial charge in [-0.3, -0.25) is 9.59 Å². The summed E-state index contributed by atoms with van der Waals surface area (Å²) in [4.78, 5) is 26.3. The number of hydrogen-bond acceptors (Lipinski definition) is 2. The number of nitrogens with one attached hydrogen (secondary N) is 1. The van der Waals surface area contributed by atoms with Gasteiger partial charge in [-0.2, -0.15) is 0 Å². The highest BCUT2D eigenvalue weighted by atomic mass is 16.2. The third kappa shape index (κ3) is 6.07. The van der Waals surface area contributed by atoms with E-state index in [4.69, 9.17) is 0 Å². The summed E-state index contributed by atoms with van der Waals surface area (Å²) in [5.41, 5.74) is 2.06. The highest BCUT2D eigenvalue weighted by Crippen LogP contribution is 2.19. The summed E-state index contributed by atoms with van der Waals surface area (Å²) >= 11 is 0. The predicted molar refractivity (Wildman–Crippen MR) is 99.8 cm³/mol. The fourth-order valence-corrected chi connectivity index (χ4v) is 2.85. The molecule has 0 aliphatic heterocycles. The van der Waals surface area contributed by atoms with Crippen LogP contribution in [0.25, 0.3) is 0 Å². The molecule has 1 N–H and O–H groups in total. The molecular formula is C21H26N2O2. The topological polar surface area (TPSA) is 49.4 Å². The molecule has 4 nitrogen and oxygen atoms in total. The van der Waals surface area contributed by atoms with Gasteiger partial charge in [0.05, 0.1) is 12.5 Å². The molecule has 0 spiro atoms. The first-order chi connectivity index (χ1) is 12.1. The number of carbonyl (C=O) groups excluding carboxylic acids is 2. The number of amides is 2. The molecule has 1 atom stereocenters. The van der Waals surface area contributed by atoms with Gasteiger partial charge in [-0.05, 0) is 17.5 Å². The molecule has 0 saturated carbocycles. The zero-order valence-electron chi connectivity index (χ0n) is 14.9. The normalized spacial score (nSPS) is 11.6. The maximum absolute atomic E-state index is 12.9. The van der Waals surface area contributed by atoms with Gasteiger partial charge in [0.1, 0.15) is 0 Å². The molecule has 0 aliphatic rings. The lowest BCUT2D eigenvalue weighted by Crippen LogP contribution is -2.36. The number of benzene rings is 2. The lowest BCUT2D eigenvalue weighted by Gasteiger charge is -2.25. The average molecular weight is 338 g/mol. The molecule has 0 saturated heterocycles. The summed E-state index contributed by atoms with van der Waals surface area (Å²) in [5, 5.41) is 2.90. The van der Waals surface area contributed by atoms with Crippen molar-refractivity contribution in [1.82, 2.24) is 10.2 Å². The maximum atomic E-state index is 12.9. The number of rotatable bonds is 8. The Labute approximate surface area is 149 Å². The van der Waals surface area contributed by atoms with Crippen LogP contribution in [0, 0.1) is 0 Å². The molecule has 2 aromatic carbocycles. The number of hydrogen-bond donors (Lipinski definition) is 1. The van der Waals surface area contributed by atoms with Crippen molar-refractivity contribution in [3.8, 4) is 0 Å². The van der Waals surface area contributed by atoms with E-state index in [-0.39, 0.29) is 24.3 Å². The third-order valence-corrected chi connectivity index (χ3v) is 4.02. The Morgan fingerprint density at radius 2 is 1.60 bits per heavy atom. The zero-order valence-corrected chi connectivity index (χ0v) is 14.9. The number of carbonyl (C=O) groups is 2.